The van der Waals surface area contributed by atoms with Gasteiger partial charge in [0, 0.05) is 55.2 Å². The molecule has 0 saturated carbocycles. The molecular weight excluding hydrogens is 482 g/mol. The van der Waals surface area contributed by atoms with E-state index in [1.165, 1.54) is 44.4 Å². The fraction of sp³-hybridized carbons (Fsp3) is 0.412. The summed E-state index contributed by atoms with van der Waals surface area (Å²) in [6, 6.07) is 21.9. The van der Waals surface area contributed by atoms with Crippen LogP contribution < -0.4 is 9.68 Å². The van der Waals surface area contributed by atoms with Crippen LogP contribution in [-0.4, -0.2) is 40.9 Å². The van der Waals surface area contributed by atoms with Crippen LogP contribution in [-0.2, 0) is 6.54 Å². The van der Waals surface area contributed by atoms with Gasteiger partial charge in [0.15, 0.2) is 0 Å². The Morgan fingerprint density at radius 2 is 1.15 bits per heavy atom. The summed E-state index contributed by atoms with van der Waals surface area (Å²) in [6.45, 7) is 21.6. The molecule has 3 aromatic carbocycles. The van der Waals surface area contributed by atoms with Gasteiger partial charge >= 0.3 is 0 Å². The molecule has 0 amide bonds. The second-order valence-corrected chi connectivity index (χ2v) is 10.1. The van der Waals surface area contributed by atoms with Crippen LogP contribution in [0, 0.1) is 20.8 Å². The van der Waals surface area contributed by atoms with Crippen LogP contribution in [0.15, 0.2) is 60.7 Å². The number of fused-ring (bicyclic) bond motifs is 1. The minimum atomic E-state index is 0.0169. The topological polar surface area (TPSA) is 29.9 Å². The smallest absolute Gasteiger partial charge is 0.147 e. The highest BCUT2D eigenvalue weighted by atomic mass is 16.7. The van der Waals surface area contributed by atoms with E-state index in [1.807, 2.05) is 10.1 Å². The maximum Gasteiger partial charge on any atom is 0.147 e. The lowest BCUT2D eigenvalue weighted by molar-refractivity contribution is -0.0487. The van der Waals surface area contributed by atoms with Crippen molar-refractivity contribution in [2.75, 3.05) is 26.2 Å². The number of hydrogen-bond donors (Lipinski definition) is 0. The van der Waals surface area contributed by atoms with Crippen molar-refractivity contribution < 1.29 is 9.68 Å². The molecule has 1 aromatic heterocycles. The van der Waals surface area contributed by atoms with Gasteiger partial charge < -0.3 is 14.2 Å². The van der Waals surface area contributed by atoms with Crippen LogP contribution in [0.2, 0.25) is 0 Å². The van der Waals surface area contributed by atoms with E-state index < -0.39 is 0 Å². The van der Waals surface area contributed by atoms with Gasteiger partial charge in [-0.2, -0.15) is 0 Å². The molecule has 0 unspecified atom stereocenters. The number of benzene rings is 3. The molecule has 0 N–H and O–H groups in total. The van der Waals surface area contributed by atoms with Crippen LogP contribution in [0.1, 0.15) is 74.0 Å². The fourth-order valence-electron chi connectivity index (χ4n) is 5.68. The lowest BCUT2D eigenvalue weighted by atomic mass is 9.80. The average Bonchev–Trinajstić information content (AvgIpc) is 3.24. The zero-order valence-corrected chi connectivity index (χ0v) is 25.0. The maximum atomic E-state index is 6.31. The Morgan fingerprint density at radius 1 is 0.667 bits per heavy atom. The van der Waals surface area contributed by atoms with E-state index in [2.05, 4.69) is 121 Å². The molecule has 0 atom stereocenters. The predicted molar refractivity (Wildman–Crippen MR) is 163 cm³/mol. The highest BCUT2D eigenvalue weighted by Crippen LogP contribution is 2.43. The van der Waals surface area contributed by atoms with E-state index in [4.69, 9.17) is 9.68 Å². The van der Waals surface area contributed by atoms with Crippen LogP contribution in [0.4, 0.5) is 0 Å². The van der Waals surface area contributed by atoms with Gasteiger partial charge in [-0.25, -0.2) is 0 Å². The predicted octanol–water partition coefficient (Wildman–Crippen LogP) is 8.04. The molecule has 4 rings (SSSR count). The summed E-state index contributed by atoms with van der Waals surface area (Å²) < 4.78 is 2.44. The first-order chi connectivity index (χ1) is 18.9. The first-order valence-electron chi connectivity index (χ1n) is 14.5. The molecule has 0 aliphatic heterocycles. The second kappa shape index (κ2) is 12.7. The summed E-state index contributed by atoms with van der Waals surface area (Å²) in [6.07, 6.45) is 0. The van der Waals surface area contributed by atoms with Crippen molar-refractivity contribution in [3.05, 3.63) is 94.2 Å². The van der Waals surface area contributed by atoms with Crippen LogP contribution in [0.3, 0.4) is 0 Å². The Kier molecular flexibility index (Phi) is 9.36. The quantitative estimate of drug-likeness (QED) is 0.174. The Hall–Kier alpha value is -3.28. The van der Waals surface area contributed by atoms with Crippen LogP contribution in [0.5, 0.6) is 11.5 Å². The first-order valence-corrected chi connectivity index (χ1v) is 14.5. The van der Waals surface area contributed by atoms with Crippen LogP contribution in [0.25, 0.3) is 10.9 Å². The van der Waals surface area contributed by atoms with Gasteiger partial charge in [-0.3, -0.25) is 0 Å². The summed E-state index contributed by atoms with van der Waals surface area (Å²) in [5.74, 6) is 1.76. The van der Waals surface area contributed by atoms with E-state index in [1.54, 1.807) is 0 Å². The molecule has 0 bridgehead atoms. The third kappa shape index (κ3) is 5.85. The number of rotatable bonds is 12. The normalized spacial score (nSPS) is 11.8. The number of nitrogens with zero attached hydrogens (tertiary/aromatic N) is 3. The molecule has 0 radical (unpaired) electrons. The molecule has 0 aliphatic carbocycles. The standard InChI is InChI=1S/C34H45N3O2/c1-9-35(10-2)38-27-20-18-24(6)30(22-27)34(31-23-28(21-19-25(31)7)39-36(11-3)12-4)33-26(8)37(13-5)32-17-15-14-16-29(32)33/h14-23,34H,9-13H2,1-8H3. The SMILES string of the molecule is CCN(CC)Oc1ccc(C)c(C(c2cc(ON(CC)CC)ccc2C)c2c(C)n(CC)c3ccccc23)c1. The number of hydrogen-bond acceptors (Lipinski definition) is 4. The first kappa shape index (κ1) is 28.7. The molecule has 5 nitrogen and oxygen atoms in total. The van der Waals surface area contributed by atoms with Crippen molar-refractivity contribution in [1.82, 2.24) is 14.7 Å². The molecule has 0 saturated heterocycles. The van der Waals surface area contributed by atoms with Gasteiger partial charge in [0.2, 0.25) is 0 Å². The molecule has 208 valence electrons. The molecule has 39 heavy (non-hydrogen) atoms. The molecule has 0 spiro atoms. The van der Waals surface area contributed by atoms with Gasteiger partial charge in [0.05, 0.1) is 0 Å². The van der Waals surface area contributed by atoms with E-state index >= 15 is 0 Å². The Morgan fingerprint density at radius 3 is 1.62 bits per heavy atom. The summed E-state index contributed by atoms with van der Waals surface area (Å²) in [5, 5.41) is 5.27. The molecule has 0 fully saturated rings. The highest BCUT2D eigenvalue weighted by molar-refractivity contribution is 5.87. The third-order valence-electron chi connectivity index (χ3n) is 7.89. The number of hydroxylamine groups is 4. The summed E-state index contributed by atoms with van der Waals surface area (Å²) in [5.41, 5.74) is 8.92. The minimum absolute atomic E-state index is 0.0169. The van der Waals surface area contributed by atoms with Gasteiger partial charge in [-0.05, 0) is 114 Å². The second-order valence-electron chi connectivity index (χ2n) is 10.1. The van der Waals surface area contributed by atoms with E-state index in [0.717, 1.165) is 44.2 Å². The number of para-hydroxylation sites is 1. The Labute approximate surface area is 234 Å². The maximum absolute atomic E-state index is 6.31. The molecule has 1 heterocycles. The number of aryl methyl sites for hydroxylation is 3. The van der Waals surface area contributed by atoms with Crippen molar-refractivity contribution in [2.24, 2.45) is 0 Å². The summed E-state index contributed by atoms with van der Waals surface area (Å²) in [4.78, 5) is 12.6. The van der Waals surface area contributed by atoms with Gasteiger partial charge in [-0.1, -0.05) is 30.3 Å². The van der Waals surface area contributed by atoms with E-state index in [0.29, 0.717) is 0 Å². The Bertz CT molecular complexity index is 1340. The largest absolute Gasteiger partial charge is 0.406 e. The van der Waals surface area contributed by atoms with Gasteiger partial charge in [0.1, 0.15) is 11.5 Å². The van der Waals surface area contributed by atoms with Crippen molar-refractivity contribution in [2.45, 2.75) is 67.9 Å². The zero-order valence-electron chi connectivity index (χ0n) is 25.0. The van der Waals surface area contributed by atoms with Crippen LogP contribution >= 0.6 is 0 Å². The fourth-order valence-corrected chi connectivity index (χ4v) is 5.68. The lowest BCUT2D eigenvalue weighted by Crippen LogP contribution is -2.27. The van der Waals surface area contributed by atoms with Gasteiger partial charge in [-0.15, -0.1) is 10.1 Å². The molecule has 0 aliphatic rings. The van der Waals surface area contributed by atoms with Crippen molar-refractivity contribution in [1.29, 1.82) is 0 Å². The van der Waals surface area contributed by atoms with Crippen molar-refractivity contribution in [3.63, 3.8) is 0 Å². The highest BCUT2D eigenvalue weighted by Gasteiger charge is 2.28. The van der Waals surface area contributed by atoms with Crippen molar-refractivity contribution in [3.8, 4) is 11.5 Å². The molecule has 4 aromatic rings. The summed E-state index contributed by atoms with van der Waals surface area (Å²) in [7, 11) is 0. The summed E-state index contributed by atoms with van der Waals surface area (Å²) >= 11 is 0. The van der Waals surface area contributed by atoms with E-state index in [9.17, 15) is 0 Å². The minimum Gasteiger partial charge on any atom is -0.406 e. The van der Waals surface area contributed by atoms with E-state index in [-0.39, 0.29) is 5.92 Å². The molecular formula is C34H45N3O2. The molecule has 5 heteroatoms. The third-order valence-corrected chi connectivity index (χ3v) is 7.89. The Balaban J connectivity index is 1.99. The number of aromatic nitrogens is 1. The van der Waals surface area contributed by atoms with Gasteiger partial charge in [0.25, 0.3) is 0 Å². The zero-order chi connectivity index (χ0) is 28.1. The monoisotopic (exact) mass is 527 g/mol. The average molecular weight is 528 g/mol. The lowest BCUT2D eigenvalue weighted by Gasteiger charge is -2.26. The van der Waals surface area contributed by atoms with Crippen molar-refractivity contribution >= 4 is 10.9 Å².